The molecule has 0 aliphatic heterocycles. The van der Waals surface area contributed by atoms with Crippen LogP contribution in [0.15, 0.2) is 35.2 Å². The van der Waals surface area contributed by atoms with Crippen LogP contribution in [0.25, 0.3) is 0 Å². The van der Waals surface area contributed by atoms with Crippen LogP contribution in [0.1, 0.15) is 11.1 Å². The second-order valence-electron chi connectivity index (χ2n) is 4.88. The van der Waals surface area contributed by atoms with Crippen molar-refractivity contribution < 1.29 is 17.7 Å². The van der Waals surface area contributed by atoms with Crippen molar-refractivity contribution in [3.05, 3.63) is 62.4 Å². The lowest BCUT2D eigenvalue weighted by Crippen LogP contribution is -2.14. The van der Waals surface area contributed by atoms with Gasteiger partial charge in [0.15, 0.2) is 0 Å². The quantitative estimate of drug-likeness (QED) is 0.664. The van der Waals surface area contributed by atoms with E-state index in [1.165, 1.54) is 26.0 Å². The van der Waals surface area contributed by atoms with Gasteiger partial charge in [0, 0.05) is 11.6 Å². The SMILES string of the molecule is Cc1ccc(NS(=O)(=O)c2cc(Cl)c(C)c([N+](=O)[O-])c2)cc1F. The Morgan fingerprint density at radius 2 is 1.87 bits per heavy atom. The zero-order chi connectivity index (χ0) is 17.4. The van der Waals surface area contributed by atoms with E-state index in [-0.39, 0.29) is 21.2 Å². The van der Waals surface area contributed by atoms with E-state index in [2.05, 4.69) is 4.72 Å². The Balaban J connectivity index is 2.47. The Morgan fingerprint density at radius 1 is 1.22 bits per heavy atom. The predicted octanol–water partition coefficient (Wildman–Crippen LogP) is 3.80. The fraction of sp³-hybridized carbons (Fsp3) is 0.143. The summed E-state index contributed by atoms with van der Waals surface area (Å²) in [7, 11) is -4.14. The number of hydrogen-bond acceptors (Lipinski definition) is 4. The van der Waals surface area contributed by atoms with Gasteiger partial charge in [-0.15, -0.1) is 0 Å². The Morgan fingerprint density at radius 3 is 2.43 bits per heavy atom. The summed E-state index contributed by atoms with van der Waals surface area (Å²) in [5.74, 6) is -0.571. The van der Waals surface area contributed by atoms with Crippen LogP contribution < -0.4 is 4.72 Å². The van der Waals surface area contributed by atoms with Gasteiger partial charge in [0.05, 0.1) is 20.5 Å². The number of nitrogens with zero attached hydrogens (tertiary/aromatic N) is 1. The molecule has 0 heterocycles. The summed E-state index contributed by atoms with van der Waals surface area (Å²) >= 11 is 5.86. The lowest BCUT2D eigenvalue weighted by Gasteiger charge is -2.10. The molecule has 1 N–H and O–H groups in total. The monoisotopic (exact) mass is 358 g/mol. The normalized spacial score (nSPS) is 11.3. The smallest absolute Gasteiger partial charge is 0.275 e. The molecule has 9 heteroatoms. The molecular weight excluding hydrogens is 347 g/mol. The number of rotatable bonds is 4. The number of hydrogen-bond donors (Lipinski definition) is 1. The maximum absolute atomic E-state index is 13.5. The lowest BCUT2D eigenvalue weighted by atomic mass is 10.2. The third kappa shape index (κ3) is 3.59. The fourth-order valence-electron chi connectivity index (χ4n) is 1.86. The van der Waals surface area contributed by atoms with Crippen molar-refractivity contribution in [2.75, 3.05) is 4.72 Å². The van der Waals surface area contributed by atoms with Gasteiger partial charge in [0.25, 0.3) is 15.7 Å². The molecule has 2 aromatic carbocycles. The largest absolute Gasteiger partial charge is 0.280 e. The first-order valence-corrected chi connectivity index (χ1v) is 8.21. The number of nitrogens with one attached hydrogen (secondary N) is 1. The van der Waals surface area contributed by atoms with Gasteiger partial charge in [0.1, 0.15) is 5.82 Å². The van der Waals surface area contributed by atoms with E-state index in [1.54, 1.807) is 0 Å². The Bertz CT molecular complexity index is 900. The van der Waals surface area contributed by atoms with E-state index in [4.69, 9.17) is 11.6 Å². The zero-order valence-electron chi connectivity index (χ0n) is 12.1. The second kappa shape index (κ2) is 6.13. The highest BCUT2D eigenvalue weighted by molar-refractivity contribution is 7.92. The van der Waals surface area contributed by atoms with E-state index >= 15 is 0 Å². The highest BCUT2D eigenvalue weighted by atomic mass is 35.5. The summed E-state index contributed by atoms with van der Waals surface area (Å²) in [6.45, 7) is 2.95. The fourth-order valence-corrected chi connectivity index (χ4v) is 3.23. The number of nitro groups is 1. The van der Waals surface area contributed by atoms with Crippen LogP contribution >= 0.6 is 11.6 Å². The Hall–Kier alpha value is -2.19. The van der Waals surface area contributed by atoms with E-state index in [0.717, 1.165) is 18.2 Å². The molecule has 0 aliphatic rings. The van der Waals surface area contributed by atoms with E-state index < -0.39 is 26.5 Å². The molecule has 122 valence electrons. The summed E-state index contributed by atoms with van der Waals surface area (Å²) < 4.78 is 40.3. The molecule has 2 rings (SSSR count). The van der Waals surface area contributed by atoms with Gasteiger partial charge in [-0.2, -0.15) is 0 Å². The summed E-state index contributed by atoms with van der Waals surface area (Å²) in [4.78, 5) is 9.88. The van der Waals surface area contributed by atoms with Crippen molar-refractivity contribution in [1.29, 1.82) is 0 Å². The summed E-state index contributed by atoms with van der Waals surface area (Å²) in [5.41, 5.74) is 0.124. The van der Waals surface area contributed by atoms with Crippen molar-refractivity contribution in [3.63, 3.8) is 0 Å². The summed E-state index contributed by atoms with van der Waals surface area (Å²) in [5, 5.41) is 10.9. The minimum atomic E-state index is -4.14. The number of benzene rings is 2. The van der Waals surface area contributed by atoms with Gasteiger partial charge < -0.3 is 0 Å². The van der Waals surface area contributed by atoms with Crippen molar-refractivity contribution >= 4 is 33.0 Å². The number of halogens is 2. The highest BCUT2D eigenvalue weighted by Crippen LogP contribution is 2.30. The van der Waals surface area contributed by atoms with Crippen LogP contribution in [0.3, 0.4) is 0 Å². The Labute approximate surface area is 137 Å². The predicted molar refractivity (Wildman–Crippen MR) is 84.8 cm³/mol. The lowest BCUT2D eigenvalue weighted by molar-refractivity contribution is -0.385. The number of sulfonamides is 1. The minimum Gasteiger partial charge on any atom is -0.280 e. The molecule has 0 saturated carbocycles. The standard InChI is InChI=1S/C14H12ClFN2O4S/c1-8-3-4-10(5-13(8)16)17-23(21,22)11-6-12(15)9(2)14(7-11)18(19)20/h3-7,17H,1-2H3. The molecule has 6 nitrogen and oxygen atoms in total. The van der Waals surface area contributed by atoms with Crippen molar-refractivity contribution in [2.45, 2.75) is 18.7 Å². The van der Waals surface area contributed by atoms with E-state index in [0.29, 0.717) is 5.56 Å². The van der Waals surface area contributed by atoms with Gasteiger partial charge in [-0.1, -0.05) is 17.7 Å². The van der Waals surface area contributed by atoms with Crippen LogP contribution in [0, 0.1) is 29.8 Å². The molecule has 0 unspecified atom stereocenters. The maximum Gasteiger partial charge on any atom is 0.275 e. The topological polar surface area (TPSA) is 89.3 Å². The third-order valence-corrected chi connectivity index (χ3v) is 4.97. The first-order chi connectivity index (χ1) is 10.6. The van der Waals surface area contributed by atoms with Crippen LogP contribution in [0.2, 0.25) is 5.02 Å². The van der Waals surface area contributed by atoms with Gasteiger partial charge in [-0.05, 0) is 37.6 Å². The average molecular weight is 359 g/mol. The average Bonchev–Trinajstić information content (AvgIpc) is 2.45. The maximum atomic E-state index is 13.5. The highest BCUT2D eigenvalue weighted by Gasteiger charge is 2.22. The van der Waals surface area contributed by atoms with Gasteiger partial charge >= 0.3 is 0 Å². The van der Waals surface area contributed by atoms with Crippen LogP contribution in [-0.2, 0) is 10.0 Å². The number of anilines is 1. The molecule has 0 atom stereocenters. The Kier molecular flexibility index (Phi) is 4.58. The van der Waals surface area contributed by atoms with Gasteiger partial charge in [-0.25, -0.2) is 12.8 Å². The third-order valence-electron chi connectivity index (χ3n) is 3.22. The molecule has 0 aromatic heterocycles. The molecule has 0 amide bonds. The first kappa shape index (κ1) is 17.2. The van der Waals surface area contributed by atoms with Crippen LogP contribution in [0.5, 0.6) is 0 Å². The first-order valence-electron chi connectivity index (χ1n) is 6.35. The van der Waals surface area contributed by atoms with Crippen molar-refractivity contribution in [3.8, 4) is 0 Å². The number of aryl methyl sites for hydroxylation is 1. The summed E-state index contributed by atoms with van der Waals surface area (Å²) in [6, 6.07) is 5.85. The van der Waals surface area contributed by atoms with E-state index in [9.17, 15) is 22.9 Å². The van der Waals surface area contributed by atoms with Gasteiger partial charge in [-0.3, -0.25) is 14.8 Å². The van der Waals surface area contributed by atoms with Crippen LogP contribution in [-0.4, -0.2) is 13.3 Å². The molecule has 2 aromatic rings. The second-order valence-corrected chi connectivity index (χ2v) is 6.97. The van der Waals surface area contributed by atoms with Crippen molar-refractivity contribution in [1.82, 2.24) is 0 Å². The zero-order valence-corrected chi connectivity index (χ0v) is 13.7. The molecule has 0 radical (unpaired) electrons. The molecule has 0 aliphatic carbocycles. The number of nitro benzene ring substituents is 1. The molecule has 23 heavy (non-hydrogen) atoms. The molecule has 0 saturated heterocycles. The van der Waals surface area contributed by atoms with Crippen LogP contribution in [0.4, 0.5) is 15.8 Å². The molecule has 0 spiro atoms. The summed E-state index contributed by atoms with van der Waals surface area (Å²) in [6.07, 6.45) is 0. The van der Waals surface area contributed by atoms with Gasteiger partial charge in [0.2, 0.25) is 0 Å². The molecule has 0 fully saturated rings. The van der Waals surface area contributed by atoms with Crippen molar-refractivity contribution in [2.24, 2.45) is 0 Å². The molecule has 0 bridgehead atoms. The van der Waals surface area contributed by atoms with E-state index in [1.807, 2.05) is 0 Å². The molecular formula is C14H12ClFN2O4S. The minimum absolute atomic E-state index is 0.00690.